The van der Waals surface area contributed by atoms with Gasteiger partial charge in [-0.25, -0.2) is 26.7 Å². The predicted octanol–water partition coefficient (Wildman–Crippen LogP) is 4.30. The molecule has 17 heteroatoms. The SMILES string of the molecule is CCn1nccc1C(=O)N[C@H](c1cn2nc(C[C@H]3C[C@@H](C(F)(F)F)CNC3=O)c(C3=CCS(=O)(=O)CC3)cc2n1)C1CCC(F)(F)CC1. The van der Waals surface area contributed by atoms with Gasteiger partial charge in [-0.3, -0.25) is 14.3 Å². The fourth-order valence-corrected chi connectivity index (χ4v) is 8.02. The first-order valence-corrected chi connectivity index (χ1v) is 17.8. The number of allylic oxidation sites excluding steroid dienone is 1. The summed E-state index contributed by atoms with van der Waals surface area (Å²) in [6, 6.07) is 2.42. The van der Waals surface area contributed by atoms with Crippen LogP contribution in [-0.4, -0.2) is 74.8 Å². The summed E-state index contributed by atoms with van der Waals surface area (Å²) in [5.41, 5.74) is 2.33. The summed E-state index contributed by atoms with van der Waals surface area (Å²) in [7, 11) is -3.31. The minimum absolute atomic E-state index is 0.126. The maximum Gasteiger partial charge on any atom is 0.393 e. The van der Waals surface area contributed by atoms with E-state index in [1.165, 1.54) is 15.4 Å². The van der Waals surface area contributed by atoms with Crippen molar-refractivity contribution < 1.29 is 40.0 Å². The second kappa shape index (κ2) is 12.9. The van der Waals surface area contributed by atoms with Gasteiger partial charge in [0.1, 0.15) is 5.69 Å². The van der Waals surface area contributed by atoms with Crippen molar-refractivity contribution in [3.8, 4) is 0 Å². The second-order valence-electron chi connectivity index (χ2n) is 12.9. The number of carbonyl (C=O) groups is 2. The molecule has 2 aliphatic heterocycles. The summed E-state index contributed by atoms with van der Waals surface area (Å²) in [6.07, 6.45) is -0.786. The second-order valence-corrected chi connectivity index (χ2v) is 15.1. The Bertz CT molecular complexity index is 1840. The molecule has 1 saturated heterocycles. The van der Waals surface area contributed by atoms with Crippen LogP contribution in [0.2, 0.25) is 0 Å². The molecule has 0 unspecified atom stereocenters. The van der Waals surface area contributed by atoms with Gasteiger partial charge < -0.3 is 10.6 Å². The third kappa shape index (κ3) is 7.25. The Labute approximate surface area is 273 Å². The van der Waals surface area contributed by atoms with E-state index in [4.69, 9.17) is 4.98 Å². The van der Waals surface area contributed by atoms with Gasteiger partial charge in [-0.1, -0.05) is 6.08 Å². The Balaban J connectivity index is 1.39. The van der Waals surface area contributed by atoms with Crippen molar-refractivity contribution in [1.82, 2.24) is 35.0 Å². The van der Waals surface area contributed by atoms with Crippen LogP contribution in [-0.2, 0) is 27.6 Å². The lowest BCUT2D eigenvalue weighted by Crippen LogP contribution is -2.47. The molecule has 0 radical (unpaired) electrons. The first-order valence-electron chi connectivity index (χ1n) is 16.0. The Morgan fingerprint density at radius 3 is 2.65 bits per heavy atom. The van der Waals surface area contributed by atoms with E-state index in [0.717, 1.165) is 0 Å². The van der Waals surface area contributed by atoms with Crippen LogP contribution in [0.3, 0.4) is 0 Å². The van der Waals surface area contributed by atoms with Gasteiger partial charge in [-0.05, 0) is 56.2 Å². The molecule has 2 amide bonds. The molecule has 1 saturated carbocycles. The number of imidazole rings is 1. The number of amides is 2. The van der Waals surface area contributed by atoms with Crippen LogP contribution in [0.25, 0.3) is 11.2 Å². The van der Waals surface area contributed by atoms with Crippen molar-refractivity contribution in [3.05, 3.63) is 53.2 Å². The molecule has 0 spiro atoms. The van der Waals surface area contributed by atoms with E-state index in [-0.39, 0.29) is 61.6 Å². The van der Waals surface area contributed by atoms with Crippen LogP contribution >= 0.6 is 0 Å². The summed E-state index contributed by atoms with van der Waals surface area (Å²) < 4.78 is 96.4. The Morgan fingerprint density at radius 2 is 1.98 bits per heavy atom. The van der Waals surface area contributed by atoms with Crippen LogP contribution < -0.4 is 10.6 Å². The van der Waals surface area contributed by atoms with Crippen molar-refractivity contribution in [2.45, 2.75) is 76.6 Å². The highest BCUT2D eigenvalue weighted by Gasteiger charge is 2.45. The molecule has 3 aliphatic rings. The van der Waals surface area contributed by atoms with Crippen molar-refractivity contribution in [1.29, 1.82) is 0 Å². The number of alkyl halides is 5. The standard InChI is InChI=1S/C31H36F5N7O4S/c1-2-42-25(5-10-38-42)29(45)40-27(19-3-8-30(32,33)9-4-19)24-17-43-26(39-24)15-22(18-6-11-48(46,47)12-7-18)23(41-43)14-20-13-21(31(34,35)36)16-37-28(20)44/h5-6,10,15,17,19-21,27H,2-4,7-9,11-14,16H2,1H3,(H,37,44)(H,40,45)/t20-,21-,27+/m1/s1. The molecule has 3 atom stereocenters. The van der Waals surface area contributed by atoms with Gasteiger partial charge in [0, 0.05) is 50.0 Å². The van der Waals surface area contributed by atoms with Crippen molar-refractivity contribution >= 4 is 32.9 Å². The number of rotatable bonds is 8. The molecule has 0 bridgehead atoms. The fraction of sp³-hybridized carbons (Fsp3) is 0.581. The van der Waals surface area contributed by atoms with Crippen molar-refractivity contribution in [2.24, 2.45) is 17.8 Å². The number of hydrogen-bond donors (Lipinski definition) is 2. The quantitative estimate of drug-likeness (QED) is 0.335. The zero-order valence-corrected chi connectivity index (χ0v) is 27.0. The van der Waals surface area contributed by atoms with Gasteiger partial charge >= 0.3 is 6.18 Å². The summed E-state index contributed by atoms with van der Waals surface area (Å²) in [6.45, 7) is 1.75. The van der Waals surface area contributed by atoms with Gasteiger partial charge in [0.05, 0.1) is 41.1 Å². The summed E-state index contributed by atoms with van der Waals surface area (Å²) >= 11 is 0. The predicted molar refractivity (Wildman–Crippen MR) is 164 cm³/mol. The summed E-state index contributed by atoms with van der Waals surface area (Å²) in [5, 5.41) is 14.2. The molecule has 2 N–H and O–H groups in total. The highest BCUT2D eigenvalue weighted by molar-refractivity contribution is 7.91. The van der Waals surface area contributed by atoms with Gasteiger partial charge in [0.15, 0.2) is 15.5 Å². The molecule has 2 fully saturated rings. The molecule has 3 aromatic heterocycles. The molecule has 6 rings (SSSR count). The highest BCUT2D eigenvalue weighted by Crippen LogP contribution is 2.42. The molecule has 260 valence electrons. The first kappa shape index (κ1) is 34.0. The van der Waals surface area contributed by atoms with Crippen LogP contribution in [0.15, 0.2) is 30.6 Å². The number of nitrogens with zero attached hydrogens (tertiary/aromatic N) is 5. The number of halogens is 5. The van der Waals surface area contributed by atoms with E-state index < -0.39 is 64.6 Å². The van der Waals surface area contributed by atoms with E-state index in [0.29, 0.717) is 34.7 Å². The first-order chi connectivity index (χ1) is 22.6. The lowest BCUT2D eigenvalue weighted by atomic mass is 9.81. The number of sulfone groups is 1. The highest BCUT2D eigenvalue weighted by atomic mass is 32.2. The molecule has 3 aromatic rings. The lowest BCUT2D eigenvalue weighted by Gasteiger charge is -2.33. The van der Waals surface area contributed by atoms with Crippen molar-refractivity contribution in [3.63, 3.8) is 0 Å². The van der Waals surface area contributed by atoms with Crippen LogP contribution in [0.5, 0.6) is 0 Å². The number of aromatic nitrogens is 5. The van der Waals surface area contributed by atoms with E-state index in [1.54, 1.807) is 24.4 Å². The van der Waals surface area contributed by atoms with Gasteiger partial charge in [0.25, 0.3) is 5.91 Å². The number of fused-ring (bicyclic) bond motifs is 1. The molecule has 11 nitrogen and oxygen atoms in total. The van der Waals surface area contributed by atoms with Crippen LogP contribution in [0.1, 0.15) is 78.9 Å². The van der Waals surface area contributed by atoms with Crippen LogP contribution in [0.4, 0.5) is 22.0 Å². The topological polar surface area (TPSA) is 140 Å². The third-order valence-corrected chi connectivity index (χ3v) is 11.1. The smallest absolute Gasteiger partial charge is 0.355 e. The average Bonchev–Trinajstić information content (AvgIpc) is 3.67. The number of nitrogens with one attached hydrogen (secondary N) is 2. The summed E-state index contributed by atoms with van der Waals surface area (Å²) in [4.78, 5) is 30.9. The fourth-order valence-electron chi connectivity index (χ4n) is 6.86. The van der Waals surface area contributed by atoms with E-state index in [2.05, 4.69) is 20.8 Å². The number of carbonyl (C=O) groups excluding carboxylic acids is 2. The van der Waals surface area contributed by atoms with Gasteiger partial charge in [-0.15, -0.1) is 0 Å². The lowest BCUT2D eigenvalue weighted by molar-refractivity contribution is -0.183. The Morgan fingerprint density at radius 1 is 1.23 bits per heavy atom. The zero-order valence-electron chi connectivity index (χ0n) is 26.1. The molecule has 1 aliphatic carbocycles. The molecular formula is C31H36F5N7O4S. The van der Waals surface area contributed by atoms with E-state index >= 15 is 0 Å². The monoisotopic (exact) mass is 697 g/mol. The third-order valence-electron chi connectivity index (χ3n) is 9.61. The molecular weight excluding hydrogens is 661 g/mol. The molecule has 5 heterocycles. The maximum atomic E-state index is 14.2. The minimum Gasteiger partial charge on any atom is -0.355 e. The Kier molecular flexibility index (Phi) is 9.10. The van der Waals surface area contributed by atoms with Gasteiger partial charge in [0.2, 0.25) is 11.8 Å². The normalized spacial score (nSPS) is 23.8. The van der Waals surface area contributed by atoms with Crippen LogP contribution in [0, 0.1) is 17.8 Å². The number of piperidine rings is 1. The van der Waals surface area contributed by atoms with Crippen molar-refractivity contribution in [2.75, 3.05) is 18.1 Å². The Hall–Kier alpha value is -3.89. The molecule has 0 aromatic carbocycles. The maximum absolute atomic E-state index is 14.2. The largest absolute Gasteiger partial charge is 0.393 e. The summed E-state index contributed by atoms with van der Waals surface area (Å²) in [5.74, 6) is -7.29. The van der Waals surface area contributed by atoms with E-state index in [1.807, 2.05) is 6.92 Å². The zero-order chi connectivity index (χ0) is 34.4. The number of hydrogen-bond acceptors (Lipinski definition) is 7. The van der Waals surface area contributed by atoms with Gasteiger partial charge in [-0.2, -0.15) is 23.4 Å². The molecule has 48 heavy (non-hydrogen) atoms. The minimum atomic E-state index is -4.50. The average molecular weight is 698 g/mol. The van der Waals surface area contributed by atoms with E-state index in [9.17, 15) is 40.0 Å². The number of aryl methyl sites for hydroxylation is 1.